The number of piperidine rings is 3. The van der Waals surface area contributed by atoms with Crippen molar-refractivity contribution >= 4 is 5.97 Å². The SMILES string of the molecule is O=C(OC1(CCc2ccccc2)CN2CCC1CC2)C1c2ccccc2Oc2ccccc21. The number of fused-ring (bicyclic) bond motifs is 5. The van der Waals surface area contributed by atoms with Crippen LogP contribution in [0.5, 0.6) is 11.5 Å². The molecule has 3 aromatic carbocycles. The average Bonchev–Trinajstić information content (AvgIpc) is 2.87. The fourth-order valence-electron chi connectivity index (χ4n) is 6.00. The number of hydrogen-bond acceptors (Lipinski definition) is 4. The Kier molecular flexibility index (Phi) is 5.18. The van der Waals surface area contributed by atoms with Gasteiger partial charge in [0, 0.05) is 23.6 Å². The molecule has 33 heavy (non-hydrogen) atoms. The lowest BCUT2D eigenvalue weighted by molar-refractivity contribution is -0.186. The van der Waals surface area contributed by atoms with Crippen molar-refractivity contribution in [2.24, 2.45) is 5.92 Å². The second-order valence-corrected chi connectivity index (χ2v) is 9.63. The van der Waals surface area contributed by atoms with Gasteiger partial charge in [-0.1, -0.05) is 66.7 Å². The van der Waals surface area contributed by atoms with E-state index in [1.54, 1.807) is 0 Å². The van der Waals surface area contributed by atoms with E-state index in [0.29, 0.717) is 5.92 Å². The Morgan fingerprint density at radius 1 is 0.879 bits per heavy atom. The van der Waals surface area contributed by atoms with E-state index in [0.717, 1.165) is 67.9 Å². The molecule has 3 saturated heterocycles. The molecule has 4 aliphatic rings. The van der Waals surface area contributed by atoms with E-state index in [-0.39, 0.29) is 5.97 Å². The molecule has 0 aliphatic carbocycles. The highest BCUT2D eigenvalue weighted by Crippen LogP contribution is 2.47. The van der Waals surface area contributed by atoms with Gasteiger partial charge >= 0.3 is 5.97 Å². The van der Waals surface area contributed by atoms with E-state index >= 15 is 0 Å². The Hall–Kier alpha value is -3.11. The zero-order valence-electron chi connectivity index (χ0n) is 18.8. The topological polar surface area (TPSA) is 38.8 Å². The Morgan fingerprint density at radius 3 is 2.09 bits per heavy atom. The molecule has 1 atom stereocenters. The minimum Gasteiger partial charge on any atom is -0.457 e. The summed E-state index contributed by atoms with van der Waals surface area (Å²) in [5.74, 6) is 1.28. The molecule has 0 saturated carbocycles. The fourth-order valence-corrected chi connectivity index (χ4v) is 6.00. The van der Waals surface area contributed by atoms with Crippen molar-refractivity contribution < 1.29 is 14.3 Å². The van der Waals surface area contributed by atoms with Gasteiger partial charge in [-0.2, -0.15) is 0 Å². The van der Waals surface area contributed by atoms with E-state index in [1.807, 2.05) is 54.6 Å². The molecular weight excluding hydrogens is 410 g/mol. The lowest BCUT2D eigenvalue weighted by Gasteiger charge is -2.53. The zero-order chi connectivity index (χ0) is 22.3. The Labute approximate surface area is 195 Å². The maximum atomic E-state index is 14.0. The largest absolute Gasteiger partial charge is 0.457 e. The van der Waals surface area contributed by atoms with Gasteiger partial charge in [0.2, 0.25) is 0 Å². The molecule has 0 aromatic heterocycles. The maximum absolute atomic E-state index is 14.0. The number of para-hydroxylation sites is 2. The number of esters is 1. The Bertz CT molecular complexity index is 1110. The molecular formula is C29H29NO3. The molecule has 4 heterocycles. The van der Waals surface area contributed by atoms with Gasteiger partial charge in [-0.15, -0.1) is 0 Å². The van der Waals surface area contributed by atoms with Crippen LogP contribution in [0.4, 0.5) is 0 Å². The first-order valence-electron chi connectivity index (χ1n) is 12.1. The van der Waals surface area contributed by atoms with Crippen LogP contribution in [0, 0.1) is 5.92 Å². The molecule has 0 amide bonds. The number of rotatable bonds is 5. The molecule has 4 nitrogen and oxygen atoms in total. The lowest BCUT2D eigenvalue weighted by atomic mass is 9.72. The molecule has 4 aliphatic heterocycles. The van der Waals surface area contributed by atoms with Gasteiger partial charge in [0.1, 0.15) is 23.0 Å². The van der Waals surface area contributed by atoms with E-state index in [1.165, 1.54) is 5.56 Å². The number of aryl methyl sites for hydroxylation is 1. The average molecular weight is 440 g/mol. The van der Waals surface area contributed by atoms with Crippen molar-refractivity contribution in [3.05, 3.63) is 95.6 Å². The molecule has 168 valence electrons. The second kappa shape index (κ2) is 8.35. The van der Waals surface area contributed by atoms with E-state index in [9.17, 15) is 4.79 Å². The number of carbonyl (C=O) groups excluding carboxylic acids is 1. The van der Waals surface area contributed by atoms with Gasteiger partial charge in [0.15, 0.2) is 0 Å². The summed E-state index contributed by atoms with van der Waals surface area (Å²) in [7, 11) is 0. The van der Waals surface area contributed by atoms with E-state index in [4.69, 9.17) is 9.47 Å². The van der Waals surface area contributed by atoms with Crippen molar-refractivity contribution in [3.8, 4) is 11.5 Å². The summed E-state index contributed by atoms with van der Waals surface area (Å²) in [5.41, 5.74) is 2.64. The first-order valence-corrected chi connectivity index (χ1v) is 12.1. The van der Waals surface area contributed by atoms with Crippen LogP contribution in [-0.4, -0.2) is 36.1 Å². The molecule has 1 unspecified atom stereocenters. The number of benzene rings is 3. The predicted octanol–water partition coefficient (Wildman–Crippen LogP) is 5.56. The summed E-state index contributed by atoms with van der Waals surface area (Å²) in [5, 5.41) is 0. The highest BCUT2D eigenvalue weighted by atomic mass is 16.6. The van der Waals surface area contributed by atoms with Crippen LogP contribution in [0.25, 0.3) is 0 Å². The molecule has 0 spiro atoms. The van der Waals surface area contributed by atoms with Gasteiger partial charge in [-0.25, -0.2) is 0 Å². The number of hydrogen-bond donors (Lipinski definition) is 0. The van der Waals surface area contributed by atoms with Gasteiger partial charge in [-0.05, 0) is 56.5 Å². The third kappa shape index (κ3) is 3.72. The van der Waals surface area contributed by atoms with Crippen LogP contribution >= 0.6 is 0 Å². The highest BCUT2D eigenvalue weighted by molar-refractivity contribution is 5.85. The van der Waals surface area contributed by atoms with Crippen molar-refractivity contribution in [2.75, 3.05) is 19.6 Å². The summed E-state index contributed by atoms with van der Waals surface area (Å²) in [6, 6.07) is 26.2. The summed E-state index contributed by atoms with van der Waals surface area (Å²) >= 11 is 0. The van der Waals surface area contributed by atoms with Crippen molar-refractivity contribution in [2.45, 2.75) is 37.2 Å². The standard InChI is InChI=1S/C29H29NO3/c31-28(27-23-10-4-6-12-25(23)32-26-13-7-5-11-24(26)27)33-29(17-14-21-8-2-1-3-9-21)20-30-18-15-22(29)16-19-30/h1-13,22,27H,14-20H2. The van der Waals surface area contributed by atoms with Crippen LogP contribution in [0.3, 0.4) is 0 Å². The van der Waals surface area contributed by atoms with Gasteiger partial charge < -0.3 is 9.47 Å². The van der Waals surface area contributed by atoms with Crippen LogP contribution < -0.4 is 4.74 Å². The minimum atomic E-state index is -0.463. The first kappa shape index (κ1) is 20.5. The predicted molar refractivity (Wildman–Crippen MR) is 128 cm³/mol. The number of carbonyl (C=O) groups is 1. The normalized spacial score (nSPS) is 25.6. The Morgan fingerprint density at radius 2 is 1.48 bits per heavy atom. The van der Waals surface area contributed by atoms with E-state index < -0.39 is 11.5 Å². The lowest BCUT2D eigenvalue weighted by Crippen LogP contribution is -2.61. The third-order valence-corrected chi connectivity index (χ3v) is 7.72. The monoisotopic (exact) mass is 439 g/mol. The quantitative estimate of drug-likeness (QED) is 0.488. The van der Waals surface area contributed by atoms with Gasteiger partial charge in [0.25, 0.3) is 0 Å². The molecule has 3 fully saturated rings. The molecule has 0 N–H and O–H groups in total. The second-order valence-electron chi connectivity index (χ2n) is 9.63. The highest BCUT2D eigenvalue weighted by Gasteiger charge is 2.50. The molecule has 4 heteroatoms. The summed E-state index contributed by atoms with van der Waals surface area (Å²) < 4.78 is 12.8. The van der Waals surface area contributed by atoms with Crippen LogP contribution in [-0.2, 0) is 16.0 Å². The zero-order valence-corrected chi connectivity index (χ0v) is 18.8. The molecule has 2 bridgehead atoms. The van der Waals surface area contributed by atoms with Gasteiger partial charge in [0.05, 0.1) is 0 Å². The smallest absolute Gasteiger partial charge is 0.318 e. The molecule has 0 radical (unpaired) electrons. The summed E-state index contributed by atoms with van der Waals surface area (Å²) in [6.07, 6.45) is 3.97. The van der Waals surface area contributed by atoms with Crippen LogP contribution in [0.2, 0.25) is 0 Å². The molecule has 7 rings (SSSR count). The number of nitrogens with zero attached hydrogens (tertiary/aromatic N) is 1. The summed E-state index contributed by atoms with van der Waals surface area (Å²) in [4.78, 5) is 16.5. The van der Waals surface area contributed by atoms with Crippen molar-refractivity contribution in [1.82, 2.24) is 4.90 Å². The fraction of sp³-hybridized carbons (Fsp3) is 0.345. The minimum absolute atomic E-state index is 0.153. The van der Waals surface area contributed by atoms with Crippen LogP contribution in [0.15, 0.2) is 78.9 Å². The van der Waals surface area contributed by atoms with E-state index in [2.05, 4.69) is 29.2 Å². The first-order chi connectivity index (χ1) is 16.2. The maximum Gasteiger partial charge on any atom is 0.318 e. The third-order valence-electron chi connectivity index (χ3n) is 7.72. The molecule has 3 aromatic rings. The van der Waals surface area contributed by atoms with Crippen molar-refractivity contribution in [1.29, 1.82) is 0 Å². The summed E-state index contributed by atoms with van der Waals surface area (Å²) in [6.45, 7) is 3.05. The van der Waals surface area contributed by atoms with Crippen molar-refractivity contribution in [3.63, 3.8) is 0 Å². The number of ether oxygens (including phenoxy) is 2. The van der Waals surface area contributed by atoms with Gasteiger partial charge in [-0.3, -0.25) is 9.69 Å². The Balaban J connectivity index is 1.34. The van der Waals surface area contributed by atoms with Crippen LogP contribution in [0.1, 0.15) is 41.9 Å².